The lowest BCUT2D eigenvalue weighted by atomic mass is 9.99. The number of rotatable bonds is 3. The third kappa shape index (κ3) is 3.17. The van der Waals surface area contributed by atoms with Crippen molar-refractivity contribution in [1.82, 2.24) is 14.9 Å². The van der Waals surface area contributed by atoms with Gasteiger partial charge < -0.3 is 9.80 Å². The Kier molecular flexibility index (Phi) is 3.82. The van der Waals surface area contributed by atoms with Gasteiger partial charge in [0.2, 0.25) is 5.91 Å². The molecule has 0 radical (unpaired) electrons. The van der Waals surface area contributed by atoms with E-state index in [0.717, 1.165) is 12.4 Å². The Hall–Kier alpha value is -1.86. The molecule has 2 rings (SSSR count). The van der Waals surface area contributed by atoms with Crippen LogP contribution in [0.5, 0.6) is 0 Å². The molecule has 2 heterocycles. The van der Waals surface area contributed by atoms with Gasteiger partial charge in [-0.3, -0.25) is 4.79 Å². The Morgan fingerprint density at radius 1 is 1.45 bits per heavy atom. The monoisotopic (exact) mass is 288 g/mol. The van der Waals surface area contributed by atoms with Crippen LogP contribution < -0.4 is 4.90 Å². The van der Waals surface area contributed by atoms with Gasteiger partial charge in [-0.25, -0.2) is 9.97 Å². The van der Waals surface area contributed by atoms with Crippen molar-refractivity contribution in [2.24, 2.45) is 5.92 Å². The lowest BCUT2D eigenvalue weighted by molar-refractivity contribution is -0.141. The van der Waals surface area contributed by atoms with Gasteiger partial charge in [0.25, 0.3) is 0 Å². The first kappa shape index (κ1) is 14.5. The second-order valence-corrected chi connectivity index (χ2v) is 4.93. The van der Waals surface area contributed by atoms with Gasteiger partial charge in [0.05, 0.1) is 0 Å². The van der Waals surface area contributed by atoms with E-state index in [1.165, 1.54) is 6.92 Å². The van der Waals surface area contributed by atoms with Crippen molar-refractivity contribution in [2.45, 2.75) is 13.1 Å². The number of carbonyl (C=O) groups is 1. The van der Waals surface area contributed by atoms with Crippen LogP contribution in [0.1, 0.15) is 12.6 Å². The summed E-state index contributed by atoms with van der Waals surface area (Å²) in [7, 11) is 1.71. The minimum Gasteiger partial charge on any atom is -0.356 e. The fourth-order valence-corrected chi connectivity index (χ4v) is 2.06. The molecular weight excluding hydrogens is 273 g/mol. The van der Waals surface area contributed by atoms with Crippen LogP contribution in [0.25, 0.3) is 0 Å². The van der Waals surface area contributed by atoms with Crippen molar-refractivity contribution >= 4 is 11.7 Å². The average Bonchev–Trinajstić information content (AvgIpc) is 2.31. The Morgan fingerprint density at radius 2 is 2.10 bits per heavy atom. The summed E-state index contributed by atoms with van der Waals surface area (Å²) < 4.78 is 37.6. The summed E-state index contributed by atoms with van der Waals surface area (Å²) >= 11 is 0. The second kappa shape index (κ2) is 5.26. The van der Waals surface area contributed by atoms with Gasteiger partial charge in [0, 0.05) is 45.6 Å². The summed E-state index contributed by atoms with van der Waals surface area (Å²) in [6.45, 7) is 3.26. The number of alkyl halides is 3. The summed E-state index contributed by atoms with van der Waals surface area (Å²) in [6, 6.07) is 0.949. The van der Waals surface area contributed by atoms with Crippen LogP contribution in [0, 0.1) is 5.92 Å². The zero-order valence-electron chi connectivity index (χ0n) is 11.2. The molecule has 1 aromatic heterocycles. The molecule has 1 amide bonds. The molecule has 0 bridgehead atoms. The fourth-order valence-electron chi connectivity index (χ4n) is 2.06. The second-order valence-electron chi connectivity index (χ2n) is 4.93. The molecule has 110 valence electrons. The molecule has 20 heavy (non-hydrogen) atoms. The number of anilines is 1. The van der Waals surface area contributed by atoms with E-state index in [2.05, 4.69) is 9.97 Å². The molecule has 0 N–H and O–H groups in total. The van der Waals surface area contributed by atoms with Crippen molar-refractivity contribution in [3.63, 3.8) is 0 Å². The molecule has 0 aromatic carbocycles. The molecule has 0 spiro atoms. The lowest BCUT2D eigenvalue weighted by Gasteiger charge is -2.41. The maximum Gasteiger partial charge on any atom is 0.433 e. The Balaban J connectivity index is 1.94. The van der Waals surface area contributed by atoms with Crippen molar-refractivity contribution in [3.05, 3.63) is 18.1 Å². The summed E-state index contributed by atoms with van der Waals surface area (Å²) in [5.41, 5.74) is -0.938. The van der Waals surface area contributed by atoms with E-state index in [1.54, 1.807) is 16.8 Å². The maximum absolute atomic E-state index is 12.5. The van der Waals surface area contributed by atoms with E-state index >= 15 is 0 Å². The zero-order valence-corrected chi connectivity index (χ0v) is 11.2. The molecular formula is C12H15F3N4O. The number of carbonyl (C=O) groups excluding carboxylic acids is 1. The van der Waals surface area contributed by atoms with Gasteiger partial charge in [0.15, 0.2) is 0 Å². The van der Waals surface area contributed by atoms with Crippen LogP contribution in [0.15, 0.2) is 12.4 Å². The maximum atomic E-state index is 12.5. The molecule has 0 unspecified atom stereocenters. The van der Waals surface area contributed by atoms with Crippen molar-refractivity contribution < 1.29 is 18.0 Å². The SMILES string of the molecule is CC(=O)N(C)CC1CN(c2cc(C(F)(F)F)ncn2)C1. The van der Waals surface area contributed by atoms with Crippen LogP contribution in [0.3, 0.4) is 0 Å². The van der Waals surface area contributed by atoms with E-state index < -0.39 is 11.9 Å². The molecule has 1 saturated heterocycles. The number of hydrogen-bond acceptors (Lipinski definition) is 4. The highest BCUT2D eigenvalue weighted by atomic mass is 19.4. The van der Waals surface area contributed by atoms with Crippen LogP contribution in [0.2, 0.25) is 0 Å². The number of amides is 1. The minimum absolute atomic E-state index is 0.0233. The molecule has 5 nitrogen and oxygen atoms in total. The van der Waals surface area contributed by atoms with E-state index in [-0.39, 0.29) is 17.6 Å². The minimum atomic E-state index is -4.46. The predicted molar refractivity (Wildman–Crippen MR) is 66.0 cm³/mol. The molecule has 0 atom stereocenters. The van der Waals surface area contributed by atoms with Crippen molar-refractivity contribution in [3.8, 4) is 0 Å². The average molecular weight is 288 g/mol. The van der Waals surface area contributed by atoms with Gasteiger partial charge in [-0.05, 0) is 0 Å². The molecule has 1 fully saturated rings. The lowest BCUT2D eigenvalue weighted by Crippen LogP contribution is -2.52. The first-order chi connectivity index (χ1) is 9.27. The van der Waals surface area contributed by atoms with Crippen LogP contribution in [0.4, 0.5) is 19.0 Å². The van der Waals surface area contributed by atoms with Gasteiger partial charge in [-0.1, -0.05) is 0 Å². The fraction of sp³-hybridized carbons (Fsp3) is 0.583. The summed E-state index contributed by atoms with van der Waals surface area (Å²) in [4.78, 5) is 21.5. The highest BCUT2D eigenvalue weighted by Crippen LogP contribution is 2.30. The Morgan fingerprint density at radius 3 is 2.65 bits per heavy atom. The van der Waals surface area contributed by atoms with Crippen LogP contribution in [-0.2, 0) is 11.0 Å². The summed E-state index contributed by atoms with van der Waals surface area (Å²) in [5, 5.41) is 0. The van der Waals surface area contributed by atoms with Gasteiger partial charge in [-0.15, -0.1) is 0 Å². The number of aromatic nitrogens is 2. The molecule has 8 heteroatoms. The van der Waals surface area contributed by atoms with Gasteiger partial charge in [0.1, 0.15) is 17.8 Å². The third-order valence-corrected chi connectivity index (χ3v) is 3.29. The Bertz CT molecular complexity index is 500. The number of hydrogen-bond donors (Lipinski definition) is 0. The van der Waals surface area contributed by atoms with Crippen molar-refractivity contribution in [1.29, 1.82) is 0 Å². The number of halogens is 3. The smallest absolute Gasteiger partial charge is 0.356 e. The van der Waals surface area contributed by atoms with Crippen LogP contribution >= 0.6 is 0 Å². The zero-order chi connectivity index (χ0) is 14.9. The predicted octanol–water partition coefficient (Wildman–Crippen LogP) is 1.41. The molecule has 1 aromatic rings. The quantitative estimate of drug-likeness (QED) is 0.844. The van der Waals surface area contributed by atoms with Crippen molar-refractivity contribution in [2.75, 3.05) is 31.6 Å². The summed E-state index contributed by atoms with van der Waals surface area (Å²) in [5.74, 6) is 0.507. The Labute approximate surface area is 114 Å². The highest BCUT2D eigenvalue weighted by molar-refractivity contribution is 5.72. The van der Waals surface area contributed by atoms with Gasteiger partial charge >= 0.3 is 6.18 Å². The first-order valence-corrected chi connectivity index (χ1v) is 6.13. The number of nitrogens with zero attached hydrogens (tertiary/aromatic N) is 4. The standard InChI is InChI=1S/C12H15F3N4O/c1-8(20)18(2)4-9-5-19(6-9)11-3-10(12(13,14)15)16-7-17-11/h3,7,9H,4-6H2,1-2H3. The molecule has 1 aliphatic heterocycles. The summed E-state index contributed by atoms with van der Waals surface area (Å²) in [6.07, 6.45) is -3.54. The highest BCUT2D eigenvalue weighted by Gasteiger charge is 2.35. The topological polar surface area (TPSA) is 49.3 Å². The van der Waals surface area contributed by atoms with E-state index in [0.29, 0.717) is 19.6 Å². The van der Waals surface area contributed by atoms with E-state index in [9.17, 15) is 18.0 Å². The largest absolute Gasteiger partial charge is 0.433 e. The molecule has 0 saturated carbocycles. The first-order valence-electron chi connectivity index (χ1n) is 6.13. The molecule has 1 aliphatic rings. The van der Waals surface area contributed by atoms with E-state index in [4.69, 9.17) is 0 Å². The van der Waals surface area contributed by atoms with Crippen LogP contribution in [-0.4, -0.2) is 47.5 Å². The molecule has 0 aliphatic carbocycles. The normalized spacial score (nSPS) is 15.9. The van der Waals surface area contributed by atoms with Gasteiger partial charge in [-0.2, -0.15) is 13.2 Å². The van der Waals surface area contributed by atoms with E-state index in [1.807, 2.05) is 0 Å². The third-order valence-electron chi connectivity index (χ3n) is 3.29.